The van der Waals surface area contributed by atoms with E-state index in [4.69, 9.17) is 5.11 Å². The van der Waals surface area contributed by atoms with Crippen molar-refractivity contribution in [2.45, 2.75) is 6.61 Å². The van der Waals surface area contributed by atoms with E-state index in [-0.39, 0.29) is 6.61 Å². The normalized spacial score (nSPS) is 11.0. The van der Waals surface area contributed by atoms with Crippen LogP contribution in [0.3, 0.4) is 0 Å². The third kappa shape index (κ3) is 2.23. The Bertz CT molecular complexity index is 663. The number of aryl methyl sites for hydroxylation is 1. The fraction of sp³-hybridized carbons (Fsp3) is 0.143. The van der Waals surface area contributed by atoms with Gasteiger partial charge in [-0.05, 0) is 0 Å². The quantitative estimate of drug-likeness (QED) is 0.702. The van der Waals surface area contributed by atoms with Crippen LogP contribution in [-0.4, -0.2) is 38.7 Å². The molecule has 0 amide bonds. The van der Waals surface area contributed by atoms with Crippen molar-refractivity contribution < 1.29 is 5.11 Å². The molecule has 0 aliphatic rings. The first-order valence-electron chi connectivity index (χ1n) is 5.69. The predicted octanol–water partition coefficient (Wildman–Crippen LogP) is 1.97. The Hall–Kier alpha value is -0.761. The first-order valence-corrected chi connectivity index (χ1v) is 9.12. The molecule has 1 N–H and O–H groups in total. The molecule has 3 aromatic rings. The van der Waals surface area contributed by atoms with Gasteiger partial charge in [-0.15, -0.1) is 0 Å². The van der Waals surface area contributed by atoms with E-state index >= 15 is 0 Å². The third-order valence-electron chi connectivity index (χ3n) is 2.86. The van der Waals surface area contributed by atoms with Crippen molar-refractivity contribution in [3.8, 4) is 19.0 Å². The number of nitrogens with zero attached hydrogens (tertiary/aromatic N) is 1. The van der Waals surface area contributed by atoms with Crippen molar-refractivity contribution in [2.75, 3.05) is 0 Å². The second-order valence-electron chi connectivity index (χ2n) is 4.09. The Kier molecular flexibility index (Phi) is 3.47. The Balaban J connectivity index is 1.96. The van der Waals surface area contributed by atoms with E-state index in [1.807, 2.05) is 0 Å². The zero-order valence-electron chi connectivity index (χ0n) is 9.96. The summed E-state index contributed by atoms with van der Waals surface area (Å²) in [6.45, 7) is 0.207. The molecule has 0 aliphatic heterocycles. The standard InChI is InChI=1S/C14H13NOSe2/c1-15-8-2-3-11(15)12-6-7-14(18-12)13-5-4-10(9-16)17-13/h2-8,16H,9H2,1H3. The van der Waals surface area contributed by atoms with E-state index in [1.54, 1.807) is 0 Å². The van der Waals surface area contributed by atoms with Crippen LogP contribution in [0.15, 0.2) is 42.6 Å². The second kappa shape index (κ2) is 5.08. The summed E-state index contributed by atoms with van der Waals surface area (Å²) in [6.07, 6.45) is 2.09. The van der Waals surface area contributed by atoms with Gasteiger partial charge in [0, 0.05) is 0 Å². The van der Waals surface area contributed by atoms with Crippen LogP contribution in [-0.2, 0) is 13.7 Å². The summed E-state index contributed by atoms with van der Waals surface area (Å²) in [5.41, 5.74) is 1.32. The molecule has 3 aromatic heterocycles. The number of hydrogen-bond acceptors (Lipinski definition) is 1. The number of hydrogen-bond donors (Lipinski definition) is 1. The first-order chi connectivity index (χ1) is 8.78. The van der Waals surface area contributed by atoms with Gasteiger partial charge < -0.3 is 0 Å². The number of aliphatic hydroxyl groups excluding tert-OH is 1. The molecule has 4 heteroatoms. The molecular formula is C14H13NOSe2. The van der Waals surface area contributed by atoms with E-state index in [2.05, 4.69) is 54.2 Å². The summed E-state index contributed by atoms with van der Waals surface area (Å²) in [4.78, 5) is 0. The fourth-order valence-electron chi connectivity index (χ4n) is 1.92. The number of aromatic nitrogens is 1. The summed E-state index contributed by atoms with van der Waals surface area (Å²) in [7, 11) is 2.09. The molecule has 0 aromatic carbocycles. The molecule has 0 spiro atoms. The van der Waals surface area contributed by atoms with Crippen molar-refractivity contribution in [3.63, 3.8) is 0 Å². The number of aliphatic hydroxyl groups is 1. The van der Waals surface area contributed by atoms with Crippen molar-refractivity contribution in [1.82, 2.24) is 4.57 Å². The summed E-state index contributed by atoms with van der Waals surface area (Å²) in [6, 6.07) is 13.0. The Morgan fingerprint density at radius 1 is 1.00 bits per heavy atom. The molecule has 0 aliphatic carbocycles. The van der Waals surface area contributed by atoms with Gasteiger partial charge in [-0.2, -0.15) is 0 Å². The third-order valence-corrected chi connectivity index (χ3v) is 8.23. The summed E-state index contributed by atoms with van der Waals surface area (Å²) in [5.74, 6) is 0. The maximum atomic E-state index is 9.15. The Labute approximate surface area is 118 Å². The van der Waals surface area contributed by atoms with Crippen LogP contribution in [0.25, 0.3) is 19.0 Å². The maximum absolute atomic E-state index is 9.15. The van der Waals surface area contributed by atoms with Gasteiger partial charge in [-0.3, -0.25) is 0 Å². The Morgan fingerprint density at radius 3 is 2.39 bits per heavy atom. The van der Waals surface area contributed by atoms with Gasteiger partial charge in [-0.1, -0.05) is 0 Å². The molecule has 0 unspecified atom stereocenters. The molecule has 3 heterocycles. The van der Waals surface area contributed by atoms with E-state index in [0.29, 0.717) is 29.0 Å². The van der Waals surface area contributed by atoms with Gasteiger partial charge in [0.2, 0.25) is 0 Å². The zero-order valence-corrected chi connectivity index (χ0v) is 13.4. The molecule has 2 nitrogen and oxygen atoms in total. The molecule has 92 valence electrons. The van der Waals surface area contributed by atoms with Crippen LogP contribution in [0, 0.1) is 0 Å². The van der Waals surface area contributed by atoms with Gasteiger partial charge >= 0.3 is 118 Å². The van der Waals surface area contributed by atoms with Crippen LogP contribution in [0.1, 0.15) is 4.44 Å². The molecule has 0 saturated carbocycles. The molecule has 0 bridgehead atoms. The zero-order chi connectivity index (χ0) is 12.5. The minimum absolute atomic E-state index is 0.207. The Morgan fingerprint density at radius 2 is 1.72 bits per heavy atom. The van der Waals surface area contributed by atoms with Gasteiger partial charge in [0.1, 0.15) is 0 Å². The van der Waals surface area contributed by atoms with Crippen LogP contribution < -0.4 is 0 Å². The minimum atomic E-state index is 0.207. The van der Waals surface area contributed by atoms with Crippen LogP contribution in [0.4, 0.5) is 0 Å². The van der Waals surface area contributed by atoms with E-state index in [9.17, 15) is 0 Å². The van der Waals surface area contributed by atoms with Crippen LogP contribution >= 0.6 is 0 Å². The molecule has 3 rings (SSSR count). The van der Waals surface area contributed by atoms with E-state index in [0.717, 1.165) is 0 Å². The molecular weight excluding hydrogens is 356 g/mol. The van der Waals surface area contributed by atoms with E-state index < -0.39 is 0 Å². The van der Waals surface area contributed by atoms with Gasteiger partial charge in [0.25, 0.3) is 0 Å². The predicted molar refractivity (Wildman–Crippen MR) is 76.1 cm³/mol. The molecule has 18 heavy (non-hydrogen) atoms. The average Bonchev–Trinajstić information content (AvgIpc) is 3.07. The molecule has 0 saturated heterocycles. The fourth-order valence-corrected chi connectivity index (χ4v) is 6.57. The summed E-state index contributed by atoms with van der Waals surface area (Å²) in [5, 5.41) is 9.15. The van der Waals surface area contributed by atoms with Crippen LogP contribution in [0.2, 0.25) is 0 Å². The van der Waals surface area contributed by atoms with Gasteiger partial charge in [-0.25, -0.2) is 0 Å². The summed E-state index contributed by atoms with van der Waals surface area (Å²) >= 11 is 0.734. The topological polar surface area (TPSA) is 25.2 Å². The van der Waals surface area contributed by atoms with Crippen LogP contribution in [0.5, 0.6) is 0 Å². The van der Waals surface area contributed by atoms with Crippen molar-refractivity contribution >= 4 is 29.0 Å². The van der Waals surface area contributed by atoms with Gasteiger partial charge in [0.05, 0.1) is 0 Å². The van der Waals surface area contributed by atoms with Gasteiger partial charge in [0.15, 0.2) is 0 Å². The average molecular weight is 369 g/mol. The summed E-state index contributed by atoms with van der Waals surface area (Å²) < 4.78 is 7.71. The second-order valence-corrected chi connectivity index (χ2v) is 8.82. The molecule has 0 fully saturated rings. The van der Waals surface area contributed by atoms with Crippen molar-refractivity contribution in [1.29, 1.82) is 0 Å². The SMILES string of the molecule is Cn1cccc1-c1ccc(-c2ccc(CO)[se]2)[se]1. The van der Waals surface area contributed by atoms with Crippen molar-refractivity contribution in [2.24, 2.45) is 7.05 Å². The van der Waals surface area contributed by atoms with E-state index in [1.165, 1.54) is 23.4 Å². The number of rotatable bonds is 3. The van der Waals surface area contributed by atoms with Crippen molar-refractivity contribution in [3.05, 3.63) is 47.0 Å². The first kappa shape index (κ1) is 12.3. The molecule has 0 radical (unpaired) electrons. The monoisotopic (exact) mass is 371 g/mol. The molecule has 0 atom stereocenters.